The molecule has 1 unspecified atom stereocenters. The van der Waals surface area contributed by atoms with Crippen molar-refractivity contribution in [2.24, 2.45) is 5.41 Å². The van der Waals surface area contributed by atoms with E-state index < -0.39 is 0 Å². The average Bonchev–Trinajstić information content (AvgIpc) is 2.31. The first-order valence-electron chi connectivity index (χ1n) is 4.36. The summed E-state index contributed by atoms with van der Waals surface area (Å²) in [5.41, 5.74) is 0.230. The molecule has 0 aromatic heterocycles. The van der Waals surface area contributed by atoms with Gasteiger partial charge in [0, 0.05) is 6.04 Å². The lowest BCUT2D eigenvalue weighted by Gasteiger charge is -2.25. The lowest BCUT2D eigenvalue weighted by Crippen LogP contribution is -2.34. The molecule has 0 aromatic rings. The molecule has 1 saturated heterocycles. The van der Waals surface area contributed by atoms with Crippen LogP contribution < -0.4 is 5.32 Å². The normalized spacial score (nSPS) is 27.1. The number of hydrogen-bond donors (Lipinski definition) is 1. The number of carbonyl (C=O) groups is 1. The molecule has 70 valence electrons. The SMILES string of the molecule is COC(=O)CC1NCCC1(C)C. The van der Waals surface area contributed by atoms with Gasteiger partial charge in [0.25, 0.3) is 0 Å². The quantitative estimate of drug-likeness (QED) is 0.628. The van der Waals surface area contributed by atoms with E-state index in [2.05, 4.69) is 23.9 Å². The van der Waals surface area contributed by atoms with Gasteiger partial charge in [-0.15, -0.1) is 0 Å². The van der Waals surface area contributed by atoms with Gasteiger partial charge >= 0.3 is 5.97 Å². The Kier molecular flexibility index (Phi) is 2.73. The van der Waals surface area contributed by atoms with Gasteiger partial charge in [-0.1, -0.05) is 13.8 Å². The molecule has 0 aliphatic carbocycles. The van der Waals surface area contributed by atoms with Crippen LogP contribution in [-0.2, 0) is 9.53 Å². The molecule has 1 aliphatic rings. The third kappa shape index (κ3) is 1.97. The van der Waals surface area contributed by atoms with E-state index in [9.17, 15) is 4.79 Å². The minimum absolute atomic E-state index is 0.123. The molecule has 3 nitrogen and oxygen atoms in total. The molecule has 0 aromatic carbocycles. The van der Waals surface area contributed by atoms with Crippen LogP contribution in [0.4, 0.5) is 0 Å². The Morgan fingerprint density at radius 3 is 2.75 bits per heavy atom. The number of esters is 1. The summed E-state index contributed by atoms with van der Waals surface area (Å²) < 4.78 is 4.63. The largest absolute Gasteiger partial charge is 0.469 e. The molecule has 1 aliphatic heterocycles. The van der Waals surface area contributed by atoms with Crippen LogP contribution >= 0.6 is 0 Å². The molecule has 1 atom stereocenters. The van der Waals surface area contributed by atoms with E-state index in [0.29, 0.717) is 6.42 Å². The molecule has 1 N–H and O–H groups in total. The topological polar surface area (TPSA) is 38.3 Å². The predicted octanol–water partition coefficient (Wildman–Crippen LogP) is 0.938. The monoisotopic (exact) mass is 171 g/mol. The highest BCUT2D eigenvalue weighted by Crippen LogP contribution is 2.31. The Morgan fingerprint density at radius 1 is 1.67 bits per heavy atom. The number of ether oxygens (including phenoxy) is 1. The van der Waals surface area contributed by atoms with Crippen molar-refractivity contribution in [3.8, 4) is 0 Å². The zero-order valence-corrected chi connectivity index (χ0v) is 8.02. The van der Waals surface area contributed by atoms with E-state index in [1.54, 1.807) is 0 Å². The van der Waals surface area contributed by atoms with Gasteiger partial charge in [0.1, 0.15) is 0 Å². The fraction of sp³-hybridized carbons (Fsp3) is 0.889. The second-order valence-electron chi connectivity index (χ2n) is 4.03. The molecule has 0 radical (unpaired) electrons. The third-order valence-electron chi connectivity index (χ3n) is 2.70. The maximum Gasteiger partial charge on any atom is 0.307 e. The summed E-state index contributed by atoms with van der Waals surface area (Å²) in [6.45, 7) is 5.37. The van der Waals surface area contributed by atoms with Gasteiger partial charge in [0.2, 0.25) is 0 Å². The second kappa shape index (κ2) is 3.44. The van der Waals surface area contributed by atoms with Gasteiger partial charge in [0.05, 0.1) is 13.5 Å². The summed E-state index contributed by atoms with van der Waals surface area (Å²) >= 11 is 0. The highest BCUT2D eigenvalue weighted by molar-refractivity contribution is 5.70. The van der Waals surface area contributed by atoms with Crippen LogP contribution in [0.25, 0.3) is 0 Å². The van der Waals surface area contributed by atoms with Crippen molar-refractivity contribution in [1.29, 1.82) is 0 Å². The molecule has 3 heteroatoms. The zero-order valence-electron chi connectivity index (χ0n) is 8.02. The van der Waals surface area contributed by atoms with E-state index in [-0.39, 0.29) is 17.4 Å². The number of hydrogen-bond acceptors (Lipinski definition) is 3. The Morgan fingerprint density at radius 2 is 2.33 bits per heavy atom. The summed E-state index contributed by atoms with van der Waals surface area (Å²) in [5.74, 6) is -0.123. The predicted molar refractivity (Wildman–Crippen MR) is 46.8 cm³/mol. The summed E-state index contributed by atoms with van der Waals surface area (Å²) in [5, 5.41) is 3.31. The summed E-state index contributed by atoms with van der Waals surface area (Å²) in [4.78, 5) is 11.0. The highest BCUT2D eigenvalue weighted by Gasteiger charge is 2.35. The molecule has 0 amide bonds. The fourth-order valence-corrected chi connectivity index (χ4v) is 1.62. The summed E-state index contributed by atoms with van der Waals surface area (Å²) in [6, 6.07) is 0.282. The second-order valence-corrected chi connectivity index (χ2v) is 4.03. The number of nitrogens with one attached hydrogen (secondary N) is 1. The van der Waals surface area contributed by atoms with Crippen molar-refractivity contribution in [3.63, 3.8) is 0 Å². The zero-order chi connectivity index (χ0) is 9.19. The molecular formula is C9H17NO2. The van der Waals surface area contributed by atoms with Gasteiger partial charge < -0.3 is 10.1 Å². The Labute approximate surface area is 73.5 Å². The molecule has 1 heterocycles. The third-order valence-corrected chi connectivity index (χ3v) is 2.70. The minimum Gasteiger partial charge on any atom is -0.469 e. The molecule has 0 bridgehead atoms. The van der Waals surface area contributed by atoms with E-state index in [1.807, 2.05) is 0 Å². The maximum atomic E-state index is 11.0. The van der Waals surface area contributed by atoms with Gasteiger partial charge in [0.15, 0.2) is 0 Å². The van der Waals surface area contributed by atoms with E-state index in [1.165, 1.54) is 7.11 Å². The van der Waals surface area contributed by atoms with Crippen molar-refractivity contribution < 1.29 is 9.53 Å². The smallest absolute Gasteiger partial charge is 0.307 e. The van der Waals surface area contributed by atoms with Gasteiger partial charge in [-0.3, -0.25) is 4.79 Å². The lowest BCUT2D eigenvalue weighted by molar-refractivity contribution is -0.141. The first kappa shape index (κ1) is 9.52. The van der Waals surface area contributed by atoms with Crippen molar-refractivity contribution in [1.82, 2.24) is 5.32 Å². The minimum atomic E-state index is -0.123. The van der Waals surface area contributed by atoms with Crippen molar-refractivity contribution in [3.05, 3.63) is 0 Å². The van der Waals surface area contributed by atoms with Crippen LogP contribution in [0, 0.1) is 5.41 Å². The van der Waals surface area contributed by atoms with Crippen LogP contribution in [-0.4, -0.2) is 25.7 Å². The highest BCUT2D eigenvalue weighted by atomic mass is 16.5. The summed E-state index contributed by atoms with van der Waals surface area (Å²) in [7, 11) is 1.43. The Bertz CT molecular complexity index is 177. The van der Waals surface area contributed by atoms with Gasteiger partial charge in [-0.25, -0.2) is 0 Å². The van der Waals surface area contributed by atoms with Gasteiger partial charge in [-0.2, -0.15) is 0 Å². The van der Waals surface area contributed by atoms with Crippen molar-refractivity contribution in [2.45, 2.75) is 32.7 Å². The van der Waals surface area contributed by atoms with Gasteiger partial charge in [-0.05, 0) is 18.4 Å². The molecule has 0 spiro atoms. The van der Waals surface area contributed by atoms with Crippen molar-refractivity contribution >= 4 is 5.97 Å². The standard InChI is InChI=1S/C9H17NO2/c1-9(2)4-5-10-7(9)6-8(11)12-3/h7,10H,4-6H2,1-3H3. The van der Waals surface area contributed by atoms with Crippen LogP contribution in [0.1, 0.15) is 26.7 Å². The number of rotatable bonds is 2. The molecule has 12 heavy (non-hydrogen) atoms. The van der Waals surface area contributed by atoms with Crippen LogP contribution in [0.15, 0.2) is 0 Å². The van der Waals surface area contributed by atoms with Crippen LogP contribution in [0.5, 0.6) is 0 Å². The Balaban J connectivity index is 2.47. The summed E-state index contributed by atoms with van der Waals surface area (Å²) in [6.07, 6.45) is 1.62. The fourth-order valence-electron chi connectivity index (χ4n) is 1.62. The van der Waals surface area contributed by atoms with E-state index in [0.717, 1.165) is 13.0 Å². The number of methoxy groups -OCH3 is 1. The molecule has 1 rings (SSSR count). The van der Waals surface area contributed by atoms with E-state index in [4.69, 9.17) is 0 Å². The first-order chi connectivity index (χ1) is 5.56. The van der Waals surface area contributed by atoms with Crippen molar-refractivity contribution in [2.75, 3.05) is 13.7 Å². The van der Waals surface area contributed by atoms with Crippen LogP contribution in [0.2, 0.25) is 0 Å². The average molecular weight is 171 g/mol. The van der Waals surface area contributed by atoms with E-state index >= 15 is 0 Å². The lowest BCUT2D eigenvalue weighted by atomic mass is 9.83. The molecular weight excluding hydrogens is 154 g/mol. The molecule has 0 saturated carbocycles. The Hall–Kier alpha value is -0.570. The molecule has 1 fully saturated rings. The first-order valence-corrected chi connectivity index (χ1v) is 4.36. The van der Waals surface area contributed by atoms with Crippen LogP contribution in [0.3, 0.4) is 0 Å². The maximum absolute atomic E-state index is 11.0. The number of carbonyl (C=O) groups excluding carboxylic acids is 1.